The number of halogens is 1. The summed E-state index contributed by atoms with van der Waals surface area (Å²) < 4.78 is 0. The average Bonchev–Trinajstić information content (AvgIpc) is 2.79. The fourth-order valence-corrected chi connectivity index (χ4v) is 4.43. The molecule has 3 saturated heterocycles. The Hall–Kier alpha value is 0.560. The predicted octanol–water partition coefficient (Wildman–Crippen LogP) is 1.60. The molecule has 3 aliphatic rings. The normalized spacial score (nSPS) is 37.6. The second kappa shape index (κ2) is 5.26. The summed E-state index contributed by atoms with van der Waals surface area (Å²) in [6.07, 6.45) is 4.32. The molecule has 2 nitrogen and oxygen atoms in total. The molecule has 0 aliphatic carbocycles. The minimum Gasteiger partial charge on any atom is -0.315 e. The van der Waals surface area contributed by atoms with E-state index in [9.17, 15) is 0 Å². The standard InChI is InChI=1S/C11H20N2S.ClH/c1-4-13(10-2-5-14-6-3-10)11-8-12-7-9(1)11;/h9-12H,1-8H2;1H/t9-,11+;/m0./s1. The fraction of sp³-hybridized carbons (Fsp3) is 1.00. The molecule has 0 amide bonds. The van der Waals surface area contributed by atoms with Crippen LogP contribution in [0.3, 0.4) is 0 Å². The molecular formula is C11H21ClN2S. The summed E-state index contributed by atoms with van der Waals surface area (Å²) in [5.41, 5.74) is 0. The highest BCUT2D eigenvalue weighted by Crippen LogP contribution is 2.33. The molecule has 2 atom stereocenters. The number of fused-ring (bicyclic) bond motifs is 1. The van der Waals surface area contributed by atoms with E-state index in [0.717, 1.165) is 18.0 Å². The smallest absolute Gasteiger partial charge is 0.0264 e. The number of likely N-dealkylation sites (tertiary alicyclic amines) is 1. The lowest BCUT2D eigenvalue weighted by atomic mass is 10.0. The van der Waals surface area contributed by atoms with E-state index in [2.05, 4.69) is 22.0 Å². The van der Waals surface area contributed by atoms with E-state index in [4.69, 9.17) is 0 Å². The quantitative estimate of drug-likeness (QED) is 0.759. The number of hydrogen-bond acceptors (Lipinski definition) is 3. The average molecular weight is 249 g/mol. The maximum absolute atomic E-state index is 3.55. The summed E-state index contributed by atoms with van der Waals surface area (Å²) >= 11 is 2.14. The first-order chi connectivity index (χ1) is 6.95. The van der Waals surface area contributed by atoms with E-state index < -0.39 is 0 Å². The van der Waals surface area contributed by atoms with Crippen molar-refractivity contribution in [1.29, 1.82) is 0 Å². The van der Waals surface area contributed by atoms with E-state index in [-0.39, 0.29) is 12.4 Å². The zero-order chi connectivity index (χ0) is 9.38. The van der Waals surface area contributed by atoms with Gasteiger partial charge in [-0.3, -0.25) is 4.90 Å². The summed E-state index contributed by atoms with van der Waals surface area (Å²) in [6, 6.07) is 1.81. The second-order valence-electron chi connectivity index (χ2n) is 4.86. The van der Waals surface area contributed by atoms with E-state index in [1.54, 1.807) is 0 Å². The lowest BCUT2D eigenvalue weighted by Gasteiger charge is -2.34. The summed E-state index contributed by atoms with van der Waals surface area (Å²) in [4.78, 5) is 2.82. The molecule has 0 saturated carbocycles. The Morgan fingerprint density at radius 1 is 1.07 bits per heavy atom. The van der Waals surface area contributed by atoms with Crippen LogP contribution in [0.5, 0.6) is 0 Å². The van der Waals surface area contributed by atoms with Crippen molar-refractivity contribution in [2.45, 2.75) is 31.3 Å². The molecule has 3 heterocycles. The van der Waals surface area contributed by atoms with Crippen molar-refractivity contribution in [3.8, 4) is 0 Å². The highest BCUT2D eigenvalue weighted by atomic mass is 35.5. The molecule has 15 heavy (non-hydrogen) atoms. The Kier molecular flexibility index (Phi) is 4.22. The Morgan fingerprint density at radius 3 is 2.67 bits per heavy atom. The van der Waals surface area contributed by atoms with Gasteiger partial charge in [-0.25, -0.2) is 0 Å². The molecule has 0 aromatic rings. The number of thioether (sulfide) groups is 1. The van der Waals surface area contributed by atoms with Crippen molar-refractivity contribution < 1.29 is 0 Å². The number of hydrogen-bond donors (Lipinski definition) is 1. The Morgan fingerprint density at radius 2 is 1.87 bits per heavy atom. The molecule has 0 aromatic carbocycles. The van der Waals surface area contributed by atoms with Crippen molar-refractivity contribution in [3.63, 3.8) is 0 Å². The van der Waals surface area contributed by atoms with Crippen molar-refractivity contribution in [1.82, 2.24) is 10.2 Å². The monoisotopic (exact) mass is 248 g/mol. The second-order valence-corrected chi connectivity index (χ2v) is 6.08. The Labute approximate surface area is 103 Å². The SMILES string of the molecule is C1CC(N2CC[C@H]3CNC[C@H]32)CCS1.Cl. The maximum Gasteiger partial charge on any atom is 0.0264 e. The third kappa shape index (κ3) is 2.31. The highest BCUT2D eigenvalue weighted by molar-refractivity contribution is 7.99. The zero-order valence-corrected chi connectivity index (χ0v) is 10.8. The summed E-state index contributed by atoms with van der Waals surface area (Å²) in [6.45, 7) is 3.92. The number of rotatable bonds is 1. The van der Waals surface area contributed by atoms with Gasteiger partial charge in [0.2, 0.25) is 0 Å². The molecule has 4 heteroatoms. The van der Waals surface area contributed by atoms with Crippen LogP contribution in [0.4, 0.5) is 0 Å². The molecular weight excluding hydrogens is 228 g/mol. The van der Waals surface area contributed by atoms with E-state index in [0.29, 0.717) is 0 Å². The first kappa shape index (κ1) is 12.0. The van der Waals surface area contributed by atoms with Gasteiger partial charge in [0, 0.05) is 18.6 Å². The van der Waals surface area contributed by atoms with Crippen LogP contribution in [0.1, 0.15) is 19.3 Å². The van der Waals surface area contributed by atoms with Gasteiger partial charge in [0.25, 0.3) is 0 Å². The van der Waals surface area contributed by atoms with Gasteiger partial charge in [0.05, 0.1) is 0 Å². The van der Waals surface area contributed by atoms with Crippen LogP contribution >= 0.6 is 24.2 Å². The zero-order valence-electron chi connectivity index (χ0n) is 9.15. The molecule has 0 bridgehead atoms. The largest absolute Gasteiger partial charge is 0.315 e. The molecule has 0 aromatic heterocycles. The van der Waals surface area contributed by atoms with Gasteiger partial charge in [-0.1, -0.05) is 0 Å². The van der Waals surface area contributed by atoms with E-state index >= 15 is 0 Å². The Balaban J connectivity index is 0.000000853. The first-order valence-corrected chi connectivity index (χ1v) is 7.15. The van der Waals surface area contributed by atoms with Gasteiger partial charge in [0.15, 0.2) is 0 Å². The molecule has 1 N–H and O–H groups in total. The van der Waals surface area contributed by atoms with Crippen LogP contribution in [-0.4, -0.2) is 48.1 Å². The van der Waals surface area contributed by atoms with Gasteiger partial charge >= 0.3 is 0 Å². The molecule has 0 spiro atoms. The van der Waals surface area contributed by atoms with Gasteiger partial charge in [-0.2, -0.15) is 11.8 Å². The highest BCUT2D eigenvalue weighted by Gasteiger charge is 2.40. The van der Waals surface area contributed by atoms with Crippen LogP contribution in [0.25, 0.3) is 0 Å². The third-order valence-electron chi connectivity index (χ3n) is 4.15. The number of nitrogens with zero attached hydrogens (tertiary/aromatic N) is 1. The fourth-order valence-electron chi connectivity index (χ4n) is 3.35. The molecule has 3 rings (SSSR count). The maximum atomic E-state index is 3.55. The van der Waals surface area contributed by atoms with Crippen LogP contribution in [0, 0.1) is 5.92 Å². The molecule has 3 fully saturated rings. The molecule has 0 unspecified atom stereocenters. The molecule has 3 aliphatic heterocycles. The van der Waals surface area contributed by atoms with Crippen molar-refractivity contribution >= 4 is 24.2 Å². The minimum atomic E-state index is 0. The van der Waals surface area contributed by atoms with Gasteiger partial charge in [-0.05, 0) is 49.8 Å². The van der Waals surface area contributed by atoms with Crippen molar-refractivity contribution in [2.24, 2.45) is 5.92 Å². The topological polar surface area (TPSA) is 15.3 Å². The summed E-state index contributed by atoms with van der Waals surface area (Å²) in [7, 11) is 0. The van der Waals surface area contributed by atoms with E-state index in [1.807, 2.05) is 0 Å². The van der Waals surface area contributed by atoms with Gasteiger partial charge in [-0.15, -0.1) is 12.4 Å². The Bertz CT molecular complexity index is 209. The molecule has 88 valence electrons. The van der Waals surface area contributed by atoms with Crippen LogP contribution in [0.2, 0.25) is 0 Å². The summed E-state index contributed by atoms with van der Waals surface area (Å²) in [5, 5.41) is 3.55. The van der Waals surface area contributed by atoms with Crippen LogP contribution in [0.15, 0.2) is 0 Å². The van der Waals surface area contributed by atoms with Crippen molar-refractivity contribution in [3.05, 3.63) is 0 Å². The lowest BCUT2D eigenvalue weighted by molar-refractivity contribution is 0.169. The van der Waals surface area contributed by atoms with E-state index in [1.165, 1.54) is 50.4 Å². The first-order valence-electron chi connectivity index (χ1n) is 5.99. The van der Waals surface area contributed by atoms with Gasteiger partial charge < -0.3 is 5.32 Å². The lowest BCUT2D eigenvalue weighted by Crippen LogP contribution is -2.43. The van der Waals surface area contributed by atoms with Crippen LogP contribution < -0.4 is 5.32 Å². The van der Waals surface area contributed by atoms with Crippen LogP contribution in [-0.2, 0) is 0 Å². The molecule has 0 radical (unpaired) electrons. The van der Waals surface area contributed by atoms with Crippen molar-refractivity contribution in [2.75, 3.05) is 31.1 Å². The number of nitrogens with one attached hydrogen (secondary N) is 1. The predicted molar refractivity (Wildman–Crippen MR) is 69.1 cm³/mol. The summed E-state index contributed by atoms with van der Waals surface area (Å²) in [5.74, 6) is 3.77. The van der Waals surface area contributed by atoms with Gasteiger partial charge in [0.1, 0.15) is 0 Å². The minimum absolute atomic E-state index is 0. The third-order valence-corrected chi connectivity index (χ3v) is 5.20.